The maximum atomic E-state index is 9.99. The van der Waals surface area contributed by atoms with Gasteiger partial charge in [0.25, 0.3) is 0 Å². The molecule has 0 aromatic rings. The average Bonchev–Trinajstić information content (AvgIpc) is 1.31. The van der Waals surface area contributed by atoms with Crippen LogP contribution in [0.4, 0.5) is 0 Å². The summed E-state index contributed by atoms with van der Waals surface area (Å²) in [5.41, 5.74) is 3.32. The summed E-state index contributed by atoms with van der Waals surface area (Å²) in [4.78, 5) is 9.99. The van der Waals surface area contributed by atoms with Gasteiger partial charge in [0.2, 0.25) is 5.91 Å². The molecule has 0 saturated heterocycles. The third-order valence-electron chi connectivity index (χ3n) is 0.603. The molecule has 1 amide bonds. The van der Waals surface area contributed by atoms with Crippen molar-refractivity contribution in [1.29, 1.82) is 0 Å². The van der Waals surface area contributed by atoms with E-state index in [1.807, 2.05) is 0 Å². The minimum atomic E-state index is -1.36. The van der Waals surface area contributed by atoms with Gasteiger partial charge in [-0.25, -0.2) is 0 Å². The van der Waals surface area contributed by atoms with Crippen molar-refractivity contribution in [1.82, 2.24) is 0 Å². The number of aliphatic hydroxyl groups is 1. The van der Waals surface area contributed by atoms with E-state index < -0.39 is 11.5 Å². The SMILES string of the molecule is CC(C)(O)C(N)=O.Cl. The Morgan fingerprint density at radius 2 is 1.75 bits per heavy atom. The number of hydrogen-bond acceptors (Lipinski definition) is 2. The zero-order chi connectivity index (χ0) is 6.08. The Balaban J connectivity index is 0. The van der Waals surface area contributed by atoms with Gasteiger partial charge in [-0.1, -0.05) is 0 Å². The second-order valence-corrected chi connectivity index (χ2v) is 1.92. The lowest BCUT2D eigenvalue weighted by atomic mass is 10.1. The van der Waals surface area contributed by atoms with Gasteiger partial charge in [0.15, 0.2) is 0 Å². The summed E-state index contributed by atoms with van der Waals surface area (Å²) < 4.78 is 0. The molecule has 0 fully saturated rings. The molecule has 0 aliphatic carbocycles. The van der Waals surface area contributed by atoms with E-state index in [1.54, 1.807) is 0 Å². The highest BCUT2D eigenvalue weighted by atomic mass is 35.5. The molecule has 0 heterocycles. The van der Waals surface area contributed by atoms with Crippen molar-refractivity contribution < 1.29 is 9.90 Å². The van der Waals surface area contributed by atoms with E-state index in [1.165, 1.54) is 13.8 Å². The third kappa shape index (κ3) is 3.89. The van der Waals surface area contributed by atoms with E-state index in [2.05, 4.69) is 5.73 Å². The molecule has 0 unspecified atom stereocenters. The van der Waals surface area contributed by atoms with Crippen molar-refractivity contribution in [2.75, 3.05) is 0 Å². The zero-order valence-corrected chi connectivity index (χ0v) is 5.66. The van der Waals surface area contributed by atoms with Crippen LogP contribution in [-0.2, 0) is 4.79 Å². The first-order valence-electron chi connectivity index (χ1n) is 1.97. The molecule has 0 atom stereocenters. The van der Waals surface area contributed by atoms with Crippen molar-refractivity contribution in [3.63, 3.8) is 0 Å². The Morgan fingerprint density at radius 1 is 1.62 bits per heavy atom. The number of primary amides is 1. The fourth-order valence-corrected chi connectivity index (χ4v) is 0. The molecule has 0 aromatic heterocycles. The maximum absolute atomic E-state index is 9.99. The monoisotopic (exact) mass is 139 g/mol. The number of rotatable bonds is 1. The van der Waals surface area contributed by atoms with Gasteiger partial charge < -0.3 is 10.8 Å². The van der Waals surface area contributed by atoms with E-state index >= 15 is 0 Å². The van der Waals surface area contributed by atoms with Crippen LogP contribution in [0.15, 0.2) is 0 Å². The van der Waals surface area contributed by atoms with Gasteiger partial charge in [0.05, 0.1) is 0 Å². The maximum Gasteiger partial charge on any atom is 0.248 e. The van der Waals surface area contributed by atoms with E-state index in [4.69, 9.17) is 5.11 Å². The van der Waals surface area contributed by atoms with Gasteiger partial charge in [-0.05, 0) is 13.8 Å². The van der Waals surface area contributed by atoms with Crippen LogP contribution in [0, 0.1) is 0 Å². The molecule has 0 aliphatic rings. The first-order chi connectivity index (χ1) is 2.94. The van der Waals surface area contributed by atoms with Crippen LogP contribution in [0.3, 0.4) is 0 Å². The molecule has 0 bridgehead atoms. The molecular weight excluding hydrogens is 130 g/mol. The second-order valence-electron chi connectivity index (χ2n) is 1.92. The number of carbonyl (C=O) groups is 1. The predicted molar refractivity (Wildman–Crippen MR) is 32.7 cm³/mol. The van der Waals surface area contributed by atoms with Gasteiger partial charge in [-0.15, -0.1) is 12.4 Å². The molecular formula is C4H10ClNO2. The lowest BCUT2D eigenvalue weighted by Gasteiger charge is -2.09. The highest BCUT2D eigenvalue weighted by Gasteiger charge is 2.18. The highest BCUT2D eigenvalue weighted by Crippen LogP contribution is 1.95. The minimum absolute atomic E-state index is 0. The minimum Gasteiger partial charge on any atom is -0.381 e. The average molecular weight is 140 g/mol. The van der Waals surface area contributed by atoms with E-state index in [0.29, 0.717) is 0 Å². The van der Waals surface area contributed by atoms with Crippen molar-refractivity contribution in [3.8, 4) is 0 Å². The first kappa shape index (κ1) is 10.7. The highest BCUT2D eigenvalue weighted by molar-refractivity contribution is 5.85. The number of nitrogens with two attached hydrogens (primary N) is 1. The molecule has 0 aromatic carbocycles. The normalized spacial score (nSPS) is 9.88. The molecule has 3 N–H and O–H groups in total. The van der Waals surface area contributed by atoms with Gasteiger partial charge >= 0.3 is 0 Å². The number of amides is 1. The lowest BCUT2D eigenvalue weighted by molar-refractivity contribution is -0.132. The fourth-order valence-electron chi connectivity index (χ4n) is 0. The van der Waals surface area contributed by atoms with Crippen LogP contribution in [0.2, 0.25) is 0 Å². The third-order valence-corrected chi connectivity index (χ3v) is 0.603. The van der Waals surface area contributed by atoms with Gasteiger partial charge in [0.1, 0.15) is 5.60 Å². The molecule has 3 nitrogen and oxygen atoms in total. The van der Waals surface area contributed by atoms with Crippen LogP contribution in [0.25, 0.3) is 0 Å². The van der Waals surface area contributed by atoms with Gasteiger partial charge in [0, 0.05) is 0 Å². The molecule has 0 radical (unpaired) electrons. The number of hydrogen-bond donors (Lipinski definition) is 2. The van der Waals surface area contributed by atoms with Crippen LogP contribution in [-0.4, -0.2) is 16.6 Å². The van der Waals surface area contributed by atoms with Crippen LogP contribution in [0.1, 0.15) is 13.8 Å². The quantitative estimate of drug-likeness (QED) is 0.522. The molecule has 0 aliphatic heterocycles. The molecule has 0 saturated carbocycles. The predicted octanol–water partition coefficient (Wildman–Crippen LogP) is -0.336. The van der Waals surface area contributed by atoms with E-state index in [0.717, 1.165) is 0 Å². The lowest BCUT2D eigenvalue weighted by Crippen LogP contribution is -2.37. The molecule has 0 rings (SSSR count). The first-order valence-corrected chi connectivity index (χ1v) is 1.97. The Kier molecular flexibility index (Phi) is 3.85. The van der Waals surface area contributed by atoms with Gasteiger partial charge in [-0.2, -0.15) is 0 Å². The second kappa shape index (κ2) is 2.89. The summed E-state index contributed by atoms with van der Waals surface area (Å²) in [5.74, 6) is -0.701. The largest absolute Gasteiger partial charge is 0.381 e. The summed E-state index contributed by atoms with van der Waals surface area (Å²) in [6.07, 6.45) is 0. The van der Waals surface area contributed by atoms with Crippen molar-refractivity contribution in [2.45, 2.75) is 19.4 Å². The Bertz CT molecular complexity index is 86.5. The summed E-state index contributed by atoms with van der Waals surface area (Å²) in [6.45, 7) is 2.69. The number of halogens is 1. The van der Waals surface area contributed by atoms with Crippen LogP contribution >= 0.6 is 12.4 Å². The summed E-state index contributed by atoms with van der Waals surface area (Å²) in [7, 11) is 0. The summed E-state index contributed by atoms with van der Waals surface area (Å²) >= 11 is 0. The van der Waals surface area contributed by atoms with Crippen molar-refractivity contribution in [3.05, 3.63) is 0 Å². The topological polar surface area (TPSA) is 63.3 Å². The van der Waals surface area contributed by atoms with Crippen LogP contribution in [0.5, 0.6) is 0 Å². The Hall–Kier alpha value is -0.280. The van der Waals surface area contributed by atoms with E-state index in [9.17, 15) is 4.79 Å². The van der Waals surface area contributed by atoms with Crippen LogP contribution < -0.4 is 5.73 Å². The molecule has 8 heavy (non-hydrogen) atoms. The molecule has 0 spiro atoms. The number of carbonyl (C=O) groups excluding carboxylic acids is 1. The fraction of sp³-hybridized carbons (Fsp3) is 0.750. The Labute approximate surface area is 54.3 Å². The van der Waals surface area contributed by atoms with Gasteiger partial charge in [-0.3, -0.25) is 4.79 Å². The Morgan fingerprint density at radius 3 is 1.75 bits per heavy atom. The van der Waals surface area contributed by atoms with Crippen molar-refractivity contribution >= 4 is 18.3 Å². The summed E-state index contributed by atoms with van der Waals surface area (Å²) in [6, 6.07) is 0. The van der Waals surface area contributed by atoms with Crippen molar-refractivity contribution in [2.24, 2.45) is 5.73 Å². The van der Waals surface area contributed by atoms with E-state index in [-0.39, 0.29) is 12.4 Å². The summed E-state index contributed by atoms with van der Waals surface area (Å²) in [5, 5.41) is 8.62. The molecule has 4 heteroatoms. The molecule has 50 valence electrons. The zero-order valence-electron chi connectivity index (χ0n) is 4.84. The standard InChI is InChI=1S/C4H9NO2.ClH/c1-4(2,7)3(5)6;/h7H,1-2H3,(H2,5,6);1H. The smallest absolute Gasteiger partial charge is 0.248 e.